The van der Waals surface area contributed by atoms with Gasteiger partial charge in [-0.3, -0.25) is 0 Å². The third-order valence-electron chi connectivity index (χ3n) is 4.20. The van der Waals surface area contributed by atoms with E-state index in [9.17, 15) is 0 Å². The summed E-state index contributed by atoms with van der Waals surface area (Å²) in [4.78, 5) is 9.09. The topological polar surface area (TPSA) is 64.3 Å². The highest BCUT2D eigenvalue weighted by atomic mass is 16.5. The Hall–Kier alpha value is -3.41. The molecule has 2 heterocycles. The zero-order valence-corrected chi connectivity index (χ0v) is 14.9. The van der Waals surface area contributed by atoms with Gasteiger partial charge in [0.2, 0.25) is 0 Å². The van der Waals surface area contributed by atoms with Gasteiger partial charge in [0.15, 0.2) is 5.82 Å². The first-order chi connectivity index (χ1) is 12.6. The number of aromatic nitrogens is 4. The molecule has 2 aromatic carbocycles. The molecule has 0 fully saturated rings. The van der Waals surface area contributed by atoms with Gasteiger partial charge in [0.05, 0.1) is 7.11 Å². The first-order valence-corrected chi connectivity index (χ1v) is 8.35. The number of ether oxygens (including phenoxy) is 1. The van der Waals surface area contributed by atoms with Gasteiger partial charge < -0.3 is 10.1 Å². The molecule has 0 radical (unpaired) electrons. The number of hydrogen-bond donors (Lipinski definition) is 1. The average Bonchev–Trinajstić information content (AvgIpc) is 3.08. The van der Waals surface area contributed by atoms with Crippen molar-refractivity contribution >= 4 is 17.3 Å². The van der Waals surface area contributed by atoms with Crippen LogP contribution in [0.15, 0.2) is 54.6 Å². The smallest absolute Gasteiger partial charge is 0.254 e. The molecule has 0 bridgehead atoms. The van der Waals surface area contributed by atoms with Crippen LogP contribution in [0.5, 0.6) is 5.75 Å². The Morgan fingerprint density at radius 3 is 2.46 bits per heavy atom. The highest BCUT2D eigenvalue weighted by molar-refractivity contribution is 5.64. The summed E-state index contributed by atoms with van der Waals surface area (Å²) in [7, 11) is 1.65. The number of nitrogens with zero attached hydrogens (tertiary/aromatic N) is 4. The van der Waals surface area contributed by atoms with Gasteiger partial charge in [-0.05, 0) is 49.7 Å². The van der Waals surface area contributed by atoms with Crippen LogP contribution in [0.1, 0.15) is 11.3 Å². The van der Waals surface area contributed by atoms with E-state index in [0.717, 1.165) is 34.1 Å². The van der Waals surface area contributed by atoms with Gasteiger partial charge >= 0.3 is 0 Å². The fourth-order valence-electron chi connectivity index (χ4n) is 2.79. The zero-order chi connectivity index (χ0) is 18.1. The van der Waals surface area contributed by atoms with E-state index in [4.69, 9.17) is 4.74 Å². The summed E-state index contributed by atoms with van der Waals surface area (Å²) in [6.45, 7) is 4.02. The Morgan fingerprint density at radius 1 is 0.962 bits per heavy atom. The summed E-state index contributed by atoms with van der Waals surface area (Å²) < 4.78 is 6.94. The van der Waals surface area contributed by atoms with Crippen molar-refractivity contribution in [3.05, 3.63) is 65.9 Å². The number of benzene rings is 2. The molecule has 130 valence electrons. The Morgan fingerprint density at radius 2 is 1.73 bits per heavy atom. The van der Waals surface area contributed by atoms with E-state index in [2.05, 4.69) is 33.4 Å². The van der Waals surface area contributed by atoms with Gasteiger partial charge in [-0.25, -0.2) is 4.98 Å². The Bertz CT molecular complexity index is 1070. The van der Waals surface area contributed by atoms with Crippen molar-refractivity contribution in [1.29, 1.82) is 0 Å². The van der Waals surface area contributed by atoms with Crippen LogP contribution in [0, 0.1) is 13.8 Å². The molecule has 0 amide bonds. The van der Waals surface area contributed by atoms with Crippen LogP contribution in [0.4, 0.5) is 11.5 Å². The highest BCUT2D eigenvalue weighted by Gasteiger charge is 2.12. The number of aryl methyl sites for hydroxylation is 2. The van der Waals surface area contributed by atoms with Gasteiger partial charge in [0.25, 0.3) is 5.78 Å². The first kappa shape index (κ1) is 16.1. The largest absolute Gasteiger partial charge is 0.497 e. The summed E-state index contributed by atoms with van der Waals surface area (Å²) in [5, 5.41) is 8.08. The third kappa shape index (κ3) is 2.97. The lowest BCUT2D eigenvalue weighted by Crippen LogP contribution is -2.03. The normalized spacial score (nSPS) is 10.9. The Kier molecular flexibility index (Phi) is 4.01. The molecule has 0 spiro atoms. The minimum absolute atomic E-state index is 0.562. The lowest BCUT2D eigenvalue weighted by Gasteiger charge is -2.10. The Balaban J connectivity index is 1.78. The van der Waals surface area contributed by atoms with E-state index in [1.165, 1.54) is 0 Å². The number of methoxy groups -OCH3 is 1. The van der Waals surface area contributed by atoms with E-state index in [-0.39, 0.29) is 0 Å². The molecule has 0 aliphatic heterocycles. The molecule has 0 saturated heterocycles. The van der Waals surface area contributed by atoms with E-state index in [1.807, 2.05) is 55.5 Å². The van der Waals surface area contributed by atoms with Crippen LogP contribution in [0.2, 0.25) is 0 Å². The minimum atomic E-state index is 0.562. The second-order valence-corrected chi connectivity index (χ2v) is 6.10. The van der Waals surface area contributed by atoms with Crippen molar-refractivity contribution in [2.45, 2.75) is 13.8 Å². The second kappa shape index (κ2) is 6.48. The zero-order valence-electron chi connectivity index (χ0n) is 14.9. The number of nitrogens with one attached hydrogen (secondary N) is 1. The van der Waals surface area contributed by atoms with Crippen molar-refractivity contribution in [3.8, 4) is 17.1 Å². The van der Waals surface area contributed by atoms with Crippen molar-refractivity contribution in [1.82, 2.24) is 19.6 Å². The van der Waals surface area contributed by atoms with Crippen LogP contribution in [0.25, 0.3) is 17.2 Å². The van der Waals surface area contributed by atoms with Crippen molar-refractivity contribution < 1.29 is 4.74 Å². The molecular weight excluding hydrogens is 326 g/mol. The molecule has 0 atom stereocenters. The average molecular weight is 345 g/mol. The number of hydrogen-bond acceptors (Lipinski definition) is 5. The number of para-hydroxylation sites is 1. The van der Waals surface area contributed by atoms with Crippen molar-refractivity contribution in [2.24, 2.45) is 0 Å². The molecule has 6 nitrogen and oxygen atoms in total. The number of rotatable bonds is 4. The molecule has 1 N–H and O–H groups in total. The minimum Gasteiger partial charge on any atom is -0.497 e. The Labute approximate surface area is 151 Å². The summed E-state index contributed by atoms with van der Waals surface area (Å²) in [6.07, 6.45) is 0. The predicted molar refractivity (Wildman–Crippen MR) is 102 cm³/mol. The molecule has 2 aromatic heterocycles. The fourth-order valence-corrected chi connectivity index (χ4v) is 2.79. The summed E-state index contributed by atoms with van der Waals surface area (Å²) in [5.74, 6) is 2.81. The van der Waals surface area contributed by atoms with Gasteiger partial charge in [0, 0.05) is 23.0 Å². The molecule has 26 heavy (non-hydrogen) atoms. The maximum atomic E-state index is 5.21. The molecule has 0 aliphatic carbocycles. The van der Waals surface area contributed by atoms with Crippen molar-refractivity contribution in [2.75, 3.05) is 12.4 Å². The third-order valence-corrected chi connectivity index (χ3v) is 4.20. The summed E-state index contributed by atoms with van der Waals surface area (Å²) in [5.41, 5.74) is 3.98. The van der Waals surface area contributed by atoms with E-state index in [1.54, 1.807) is 11.6 Å². The van der Waals surface area contributed by atoms with Gasteiger partial charge in [-0.2, -0.15) is 9.50 Å². The molecule has 0 unspecified atom stereocenters. The monoisotopic (exact) mass is 345 g/mol. The maximum absolute atomic E-state index is 5.21. The summed E-state index contributed by atoms with van der Waals surface area (Å²) in [6, 6.07) is 17.8. The van der Waals surface area contributed by atoms with Crippen molar-refractivity contribution in [3.63, 3.8) is 0 Å². The molecular formula is C20H19N5O. The molecule has 0 aliphatic rings. The van der Waals surface area contributed by atoms with Gasteiger partial charge in [0.1, 0.15) is 11.6 Å². The first-order valence-electron chi connectivity index (χ1n) is 8.35. The summed E-state index contributed by atoms with van der Waals surface area (Å²) >= 11 is 0. The van der Waals surface area contributed by atoms with Gasteiger partial charge in [-0.1, -0.05) is 18.2 Å². The van der Waals surface area contributed by atoms with E-state index >= 15 is 0 Å². The lowest BCUT2D eigenvalue weighted by molar-refractivity contribution is 0.415. The fraction of sp³-hybridized carbons (Fsp3) is 0.150. The predicted octanol–water partition coefficient (Wildman–Crippen LogP) is 4.16. The van der Waals surface area contributed by atoms with Crippen LogP contribution in [-0.2, 0) is 0 Å². The molecule has 6 heteroatoms. The van der Waals surface area contributed by atoms with E-state index in [0.29, 0.717) is 11.6 Å². The molecule has 4 aromatic rings. The second-order valence-electron chi connectivity index (χ2n) is 6.10. The molecule has 0 saturated carbocycles. The number of fused-ring (bicyclic) bond motifs is 1. The highest BCUT2D eigenvalue weighted by Crippen LogP contribution is 2.24. The van der Waals surface area contributed by atoms with Gasteiger partial charge in [-0.15, -0.1) is 5.10 Å². The standard InChI is InChI=1S/C20H19N5O/c1-13-6-4-5-7-17(13)22-18-12-14(2)21-20-23-19(24-25(18)20)15-8-10-16(26-3)11-9-15/h4-12,22H,1-3H3. The lowest BCUT2D eigenvalue weighted by atomic mass is 10.2. The quantitative estimate of drug-likeness (QED) is 0.602. The maximum Gasteiger partial charge on any atom is 0.254 e. The van der Waals surface area contributed by atoms with Crippen LogP contribution in [0.3, 0.4) is 0 Å². The molecule has 4 rings (SSSR count). The van der Waals surface area contributed by atoms with Crippen LogP contribution in [-0.4, -0.2) is 26.7 Å². The van der Waals surface area contributed by atoms with Crippen LogP contribution >= 0.6 is 0 Å². The van der Waals surface area contributed by atoms with E-state index < -0.39 is 0 Å². The number of anilines is 2. The SMILES string of the molecule is COc1ccc(-c2nc3nc(C)cc(Nc4ccccc4C)n3n2)cc1. The van der Waals surface area contributed by atoms with Crippen LogP contribution < -0.4 is 10.1 Å².